The molecular weight excluding hydrogens is 218 g/mol. The third-order valence-electron chi connectivity index (χ3n) is 3.98. The molecule has 17 heavy (non-hydrogen) atoms. The van der Waals surface area contributed by atoms with E-state index in [0.717, 1.165) is 58.4 Å². The van der Waals surface area contributed by atoms with Gasteiger partial charge in [-0.2, -0.15) is 0 Å². The van der Waals surface area contributed by atoms with Gasteiger partial charge in [-0.3, -0.25) is 9.69 Å². The van der Waals surface area contributed by atoms with Crippen molar-refractivity contribution in [2.24, 2.45) is 5.92 Å². The lowest BCUT2D eigenvalue weighted by Crippen LogP contribution is -2.44. The van der Waals surface area contributed by atoms with Crippen molar-refractivity contribution in [2.75, 3.05) is 26.3 Å². The van der Waals surface area contributed by atoms with Crippen molar-refractivity contribution < 1.29 is 14.6 Å². The highest BCUT2D eigenvalue weighted by Gasteiger charge is 2.29. The van der Waals surface area contributed by atoms with Gasteiger partial charge in [-0.25, -0.2) is 0 Å². The third-order valence-corrected chi connectivity index (χ3v) is 3.98. The Labute approximate surface area is 103 Å². The van der Waals surface area contributed by atoms with E-state index in [0.29, 0.717) is 5.92 Å². The summed E-state index contributed by atoms with van der Waals surface area (Å²) in [6.45, 7) is 3.58. The molecule has 1 N–H and O–H groups in total. The van der Waals surface area contributed by atoms with E-state index in [1.807, 2.05) is 0 Å². The van der Waals surface area contributed by atoms with E-state index in [-0.39, 0.29) is 6.04 Å². The molecular formula is C13H23NO3. The van der Waals surface area contributed by atoms with Crippen LogP contribution < -0.4 is 0 Å². The molecule has 0 saturated carbocycles. The second-order valence-corrected chi connectivity index (χ2v) is 5.25. The lowest BCUT2D eigenvalue weighted by Gasteiger charge is -2.32. The molecule has 2 fully saturated rings. The molecule has 0 aromatic rings. The fourth-order valence-corrected chi connectivity index (χ4v) is 2.93. The van der Waals surface area contributed by atoms with Crippen LogP contribution in [0.15, 0.2) is 0 Å². The molecule has 2 aliphatic heterocycles. The first kappa shape index (κ1) is 12.8. The van der Waals surface area contributed by atoms with E-state index in [9.17, 15) is 9.90 Å². The van der Waals surface area contributed by atoms with Gasteiger partial charge in [0.05, 0.1) is 0 Å². The number of carboxylic acid groups (broad SMARTS) is 1. The largest absolute Gasteiger partial charge is 0.480 e. The Kier molecular flexibility index (Phi) is 4.80. The molecule has 4 nitrogen and oxygen atoms in total. The Morgan fingerprint density at radius 1 is 1.18 bits per heavy atom. The first-order chi connectivity index (χ1) is 8.27. The van der Waals surface area contributed by atoms with Gasteiger partial charge in [0.25, 0.3) is 0 Å². The van der Waals surface area contributed by atoms with Crippen LogP contribution in [0.4, 0.5) is 0 Å². The maximum Gasteiger partial charge on any atom is 0.320 e. The van der Waals surface area contributed by atoms with Crippen LogP contribution in [-0.2, 0) is 9.53 Å². The minimum atomic E-state index is -0.640. The zero-order valence-electron chi connectivity index (χ0n) is 10.4. The average Bonchev–Trinajstić information content (AvgIpc) is 2.56. The number of carbonyl (C=O) groups is 1. The van der Waals surface area contributed by atoms with Crippen molar-refractivity contribution in [1.82, 2.24) is 4.90 Å². The molecule has 0 bridgehead atoms. The van der Waals surface area contributed by atoms with Gasteiger partial charge in [-0.05, 0) is 38.1 Å². The molecule has 98 valence electrons. The van der Waals surface area contributed by atoms with Crippen LogP contribution in [0.3, 0.4) is 0 Å². The number of rotatable bonds is 3. The molecule has 0 radical (unpaired) electrons. The molecule has 2 heterocycles. The minimum absolute atomic E-state index is 0.250. The molecule has 2 rings (SSSR count). The fourth-order valence-electron chi connectivity index (χ4n) is 2.93. The molecule has 0 spiro atoms. The van der Waals surface area contributed by atoms with Crippen LogP contribution in [0.1, 0.15) is 38.5 Å². The Morgan fingerprint density at radius 3 is 2.65 bits per heavy atom. The number of aliphatic carboxylic acids is 1. The van der Waals surface area contributed by atoms with E-state index in [1.54, 1.807) is 0 Å². The Morgan fingerprint density at radius 2 is 1.94 bits per heavy atom. The van der Waals surface area contributed by atoms with E-state index in [4.69, 9.17) is 4.74 Å². The third kappa shape index (κ3) is 3.68. The van der Waals surface area contributed by atoms with Gasteiger partial charge in [-0.1, -0.05) is 12.8 Å². The molecule has 1 atom stereocenters. The van der Waals surface area contributed by atoms with Crippen molar-refractivity contribution in [3.05, 3.63) is 0 Å². The van der Waals surface area contributed by atoms with Gasteiger partial charge < -0.3 is 9.84 Å². The van der Waals surface area contributed by atoms with Crippen molar-refractivity contribution in [1.29, 1.82) is 0 Å². The van der Waals surface area contributed by atoms with Crippen molar-refractivity contribution in [2.45, 2.75) is 44.6 Å². The minimum Gasteiger partial charge on any atom is -0.480 e. The fraction of sp³-hybridized carbons (Fsp3) is 0.923. The van der Waals surface area contributed by atoms with Gasteiger partial charge in [0.2, 0.25) is 0 Å². The van der Waals surface area contributed by atoms with E-state index < -0.39 is 5.97 Å². The summed E-state index contributed by atoms with van der Waals surface area (Å²) in [5.74, 6) is -0.0114. The van der Waals surface area contributed by atoms with Gasteiger partial charge in [0, 0.05) is 19.8 Å². The number of hydrogen-bond donors (Lipinski definition) is 1. The summed E-state index contributed by atoms with van der Waals surface area (Å²) in [4.78, 5) is 13.5. The van der Waals surface area contributed by atoms with E-state index in [1.165, 1.54) is 6.42 Å². The Balaban J connectivity index is 1.91. The SMILES string of the molecule is O=C(O)C1CCCCCN1CC1CCOCC1. The zero-order chi connectivity index (χ0) is 12.1. The van der Waals surface area contributed by atoms with Crippen molar-refractivity contribution >= 4 is 5.97 Å². The van der Waals surface area contributed by atoms with E-state index in [2.05, 4.69) is 4.90 Å². The summed E-state index contributed by atoms with van der Waals surface area (Å²) in [7, 11) is 0. The van der Waals surface area contributed by atoms with Crippen LogP contribution >= 0.6 is 0 Å². The highest BCUT2D eigenvalue weighted by Crippen LogP contribution is 2.22. The zero-order valence-corrected chi connectivity index (χ0v) is 10.4. The molecule has 0 aromatic carbocycles. The highest BCUT2D eigenvalue weighted by atomic mass is 16.5. The van der Waals surface area contributed by atoms with Crippen LogP contribution in [-0.4, -0.2) is 48.3 Å². The number of carboxylic acids is 1. The van der Waals surface area contributed by atoms with Crippen LogP contribution in [0.5, 0.6) is 0 Å². The maximum atomic E-state index is 11.3. The highest BCUT2D eigenvalue weighted by molar-refractivity contribution is 5.73. The molecule has 0 amide bonds. The smallest absolute Gasteiger partial charge is 0.320 e. The predicted octanol–water partition coefficient (Wildman–Crippen LogP) is 1.74. The standard InChI is InChI=1S/C13H23NO3/c15-13(16)12-4-2-1-3-7-14(12)10-11-5-8-17-9-6-11/h11-12H,1-10H2,(H,15,16). The van der Waals surface area contributed by atoms with Crippen molar-refractivity contribution in [3.8, 4) is 0 Å². The number of nitrogens with zero attached hydrogens (tertiary/aromatic N) is 1. The topological polar surface area (TPSA) is 49.8 Å². The molecule has 0 aromatic heterocycles. The van der Waals surface area contributed by atoms with Gasteiger partial charge >= 0.3 is 5.97 Å². The lowest BCUT2D eigenvalue weighted by molar-refractivity contribution is -0.143. The van der Waals surface area contributed by atoms with Gasteiger partial charge in [0.15, 0.2) is 0 Å². The first-order valence-corrected chi connectivity index (χ1v) is 6.82. The summed E-state index contributed by atoms with van der Waals surface area (Å²) in [5, 5.41) is 9.30. The van der Waals surface area contributed by atoms with E-state index >= 15 is 0 Å². The molecule has 1 unspecified atom stereocenters. The summed E-state index contributed by atoms with van der Waals surface area (Å²) in [6, 6.07) is -0.250. The molecule has 4 heteroatoms. The van der Waals surface area contributed by atoms with Gasteiger partial charge in [0.1, 0.15) is 6.04 Å². The predicted molar refractivity (Wildman–Crippen MR) is 65.0 cm³/mol. The normalized spacial score (nSPS) is 28.8. The lowest BCUT2D eigenvalue weighted by atomic mass is 9.98. The monoisotopic (exact) mass is 241 g/mol. The number of likely N-dealkylation sites (tertiary alicyclic amines) is 1. The number of ether oxygens (including phenoxy) is 1. The second-order valence-electron chi connectivity index (χ2n) is 5.25. The summed E-state index contributed by atoms with van der Waals surface area (Å²) < 4.78 is 5.35. The van der Waals surface area contributed by atoms with Gasteiger partial charge in [-0.15, -0.1) is 0 Å². The molecule has 2 saturated heterocycles. The van der Waals surface area contributed by atoms with Crippen LogP contribution in [0.25, 0.3) is 0 Å². The maximum absolute atomic E-state index is 11.3. The Hall–Kier alpha value is -0.610. The summed E-state index contributed by atoms with van der Waals surface area (Å²) in [6.07, 6.45) is 6.37. The number of hydrogen-bond acceptors (Lipinski definition) is 3. The average molecular weight is 241 g/mol. The summed E-state index contributed by atoms with van der Waals surface area (Å²) >= 11 is 0. The summed E-state index contributed by atoms with van der Waals surface area (Å²) in [5.41, 5.74) is 0. The van der Waals surface area contributed by atoms with Crippen LogP contribution in [0, 0.1) is 5.92 Å². The quantitative estimate of drug-likeness (QED) is 0.817. The Bertz CT molecular complexity index is 251. The molecule has 0 aliphatic carbocycles. The first-order valence-electron chi connectivity index (χ1n) is 6.82. The van der Waals surface area contributed by atoms with Crippen molar-refractivity contribution in [3.63, 3.8) is 0 Å². The molecule has 2 aliphatic rings. The second kappa shape index (κ2) is 6.36. The van der Waals surface area contributed by atoms with Crippen LogP contribution in [0.2, 0.25) is 0 Å².